The average molecular weight is 253 g/mol. The van der Waals surface area contributed by atoms with Crippen molar-refractivity contribution in [2.45, 2.75) is 13.0 Å². The minimum absolute atomic E-state index is 0.299. The fraction of sp³-hybridized carbons (Fsp3) is 0.333. The molecular weight excluding hydrogens is 238 g/mol. The van der Waals surface area contributed by atoms with Crippen LogP contribution in [0, 0.1) is 6.92 Å². The minimum atomic E-state index is -1.31. The number of carboxylic acids is 1. The van der Waals surface area contributed by atoms with Crippen molar-refractivity contribution in [2.24, 2.45) is 0 Å². The second kappa shape index (κ2) is 6.61. The normalized spacial score (nSPS) is 11.7. The Hall–Kier alpha value is -2.08. The van der Waals surface area contributed by atoms with Crippen LogP contribution in [0.5, 0.6) is 5.75 Å². The van der Waals surface area contributed by atoms with Crippen LogP contribution in [0.1, 0.15) is 5.56 Å². The molecule has 6 nitrogen and oxygen atoms in total. The molecule has 0 saturated heterocycles. The van der Waals surface area contributed by atoms with Crippen molar-refractivity contribution in [1.82, 2.24) is 5.32 Å². The van der Waals surface area contributed by atoms with Crippen molar-refractivity contribution in [3.05, 3.63) is 29.8 Å². The summed E-state index contributed by atoms with van der Waals surface area (Å²) in [6.07, 6.45) is 0. The third kappa shape index (κ3) is 4.42. The lowest BCUT2D eigenvalue weighted by Gasteiger charge is -2.12. The van der Waals surface area contributed by atoms with Crippen molar-refractivity contribution >= 4 is 11.9 Å². The monoisotopic (exact) mass is 253 g/mol. The van der Waals surface area contributed by atoms with Crippen LogP contribution in [0.25, 0.3) is 0 Å². The van der Waals surface area contributed by atoms with Gasteiger partial charge in [-0.15, -0.1) is 0 Å². The molecule has 1 aromatic carbocycles. The zero-order valence-corrected chi connectivity index (χ0v) is 9.92. The Labute approximate surface area is 104 Å². The summed E-state index contributed by atoms with van der Waals surface area (Å²) in [5.41, 5.74) is 1.07. The van der Waals surface area contributed by atoms with Crippen LogP contribution in [0.3, 0.4) is 0 Å². The van der Waals surface area contributed by atoms with Gasteiger partial charge in [-0.2, -0.15) is 0 Å². The highest BCUT2D eigenvalue weighted by atomic mass is 16.5. The lowest BCUT2D eigenvalue weighted by atomic mass is 10.2. The van der Waals surface area contributed by atoms with Crippen molar-refractivity contribution in [2.75, 3.05) is 13.2 Å². The smallest absolute Gasteiger partial charge is 0.328 e. The van der Waals surface area contributed by atoms with Gasteiger partial charge in [-0.05, 0) is 19.1 Å². The summed E-state index contributed by atoms with van der Waals surface area (Å²) in [6.45, 7) is 0.966. The number of hydrogen-bond donors (Lipinski definition) is 3. The number of benzene rings is 1. The first kappa shape index (κ1) is 14.0. The number of nitrogens with one attached hydrogen (secondary N) is 1. The molecular formula is C12H15NO5. The predicted octanol–water partition coefficient (Wildman–Crippen LogP) is -0.0645. The van der Waals surface area contributed by atoms with E-state index in [1.54, 1.807) is 12.1 Å². The maximum absolute atomic E-state index is 11.3. The van der Waals surface area contributed by atoms with Crippen molar-refractivity contribution < 1.29 is 24.5 Å². The molecule has 6 heteroatoms. The SMILES string of the molecule is Cc1ccc(OCC(=O)NC(CO)C(=O)O)cc1. The molecule has 0 aliphatic heterocycles. The number of amides is 1. The summed E-state index contributed by atoms with van der Waals surface area (Å²) in [4.78, 5) is 21.9. The van der Waals surface area contributed by atoms with Gasteiger partial charge in [0.2, 0.25) is 0 Å². The van der Waals surface area contributed by atoms with Gasteiger partial charge in [-0.3, -0.25) is 4.79 Å². The highest BCUT2D eigenvalue weighted by molar-refractivity contribution is 5.84. The summed E-state index contributed by atoms with van der Waals surface area (Å²) in [7, 11) is 0. The maximum atomic E-state index is 11.3. The van der Waals surface area contributed by atoms with Gasteiger partial charge in [-0.25, -0.2) is 4.79 Å². The molecule has 18 heavy (non-hydrogen) atoms. The summed E-state index contributed by atoms with van der Waals surface area (Å²) in [5, 5.41) is 19.5. The molecule has 1 rings (SSSR count). The van der Waals surface area contributed by atoms with Crippen LogP contribution in [0.15, 0.2) is 24.3 Å². The zero-order valence-electron chi connectivity index (χ0n) is 9.92. The second-order valence-electron chi connectivity index (χ2n) is 3.74. The molecule has 0 radical (unpaired) electrons. The molecule has 0 aliphatic rings. The highest BCUT2D eigenvalue weighted by Gasteiger charge is 2.18. The molecule has 0 heterocycles. The van der Waals surface area contributed by atoms with E-state index in [4.69, 9.17) is 14.9 Å². The van der Waals surface area contributed by atoms with Crippen LogP contribution in [0.2, 0.25) is 0 Å². The third-order valence-corrected chi connectivity index (χ3v) is 2.21. The third-order valence-electron chi connectivity index (χ3n) is 2.21. The molecule has 1 unspecified atom stereocenters. The lowest BCUT2D eigenvalue weighted by molar-refractivity contribution is -0.143. The number of aryl methyl sites for hydroxylation is 1. The summed E-state index contributed by atoms with van der Waals surface area (Å²) < 4.78 is 5.16. The highest BCUT2D eigenvalue weighted by Crippen LogP contribution is 2.10. The van der Waals surface area contributed by atoms with Gasteiger partial charge in [-0.1, -0.05) is 17.7 Å². The van der Waals surface area contributed by atoms with Gasteiger partial charge in [0.15, 0.2) is 6.61 Å². The van der Waals surface area contributed by atoms with E-state index in [0.717, 1.165) is 5.56 Å². The number of carboxylic acid groups (broad SMARTS) is 1. The van der Waals surface area contributed by atoms with Gasteiger partial charge >= 0.3 is 5.97 Å². The molecule has 3 N–H and O–H groups in total. The van der Waals surface area contributed by atoms with Crippen LogP contribution in [-0.4, -0.2) is 41.3 Å². The van der Waals surface area contributed by atoms with Crippen molar-refractivity contribution in [3.8, 4) is 5.75 Å². The Bertz CT molecular complexity index is 415. The number of aliphatic carboxylic acids is 1. The number of aliphatic hydroxyl groups is 1. The van der Waals surface area contributed by atoms with Crippen LogP contribution in [-0.2, 0) is 9.59 Å². The maximum Gasteiger partial charge on any atom is 0.328 e. The zero-order chi connectivity index (χ0) is 13.5. The van der Waals surface area contributed by atoms with Crippen LogP contribution >= 0.6 is 0 Å². The molecule has 0 aromatic heterocycles. The largest absolute Gasteiger partial charge is 0.484 e. The number of carbonyl (C=O) groups excluding carboxylic acids is 1. The number of rotatable bonds is 6. The van der Waals surface area contributed by atoms with Crippen molar-refractivity contribution in [3.63, 3.8) is 0 Å². The molecule has 98 valence electrons. The van der Waals surface area contributed by atoms with E-state index in [1.165, 1.54) is 0 Å². The van der Waals surface area contributed by atoms with E-state index in [0.29, 0.717) is 5.75 Å². The fourth-order valence-corrected chi connectivity index (χ4v) is 1.20. The van der Waals surface area contributed by atoms with Crippen LogP contribution in [0.4, 0.5) is 0 Å². The first-order valence-electron chi connectivity index (χ1n) is 5.35. The molecule has 1 amide bonds. The lowest BCUT2D eigenvalue weighted by Crippen LogP contribution is -2.45. The number of hydrogen-bond acceptors (Lipinski definition) is 4. The molecule has 0 bridgehead atoms. The van der Waals surface area contributed by atoms with Gasteiger partial charge in [0.1, 0.15) is 11.8 Å². The molecule has 0 saturated carbocycles. The summed E-state index contributed by atoms with van der Waals surface area (Å²) >= 11 is 0. The van der Waals surface area contributed by atoms with Crippen LogP contribution < -0.4 is 10.1 Å². The minimum Gasteiger partial charge on any atom is -0.484 e. The second-order valence-corrected chi connectivity index (χ2v) is 3.74. The summed E-state index contributed by atoms with van der Waals surface area (Å²) in [6, 6.07) is 5.79. The standard InChI is InChI=1S/C12H15NO5/c1-8-2-4-9(5-3-8)18-7-11(15)13-10(6-14)12(16)17/h2-5,10,14H,6-7H2,1H3,(H,13,15)(H,16,17). The van der Waals surface area contributed by atoms with E-state index < -0.39 is 24.5 Å². The first-order chi connectivity index (χ1) is 8.52. The Kier molecular flexibility index (Phi) is 5.13. The van der Waals surface area contributed by atoms with Gasteiger partial charge in [0.05, 0.1) is 6.61 Å². The van der Waals surface area contributed by atoms with Gasteiger partial charge in [0.25, 0.3) is 5.91 Å². The quantitative estimate of drug-likeness (QED) is 0.660. The molecule has 1 atom stereocenters. The van der Waals surface area contributed by atoms with E-state index in [2.05, 4.69) is 5.32 Å². The fourth-order valence-electron chi connectivity index (χ4n) is 1.20. The average Bonchev–Trinajstić information content (AvgIpc) is 2.35. The Morgan fingerprint density at radius 3 is 2.44 bits per heavy atom. The number of carbonyl (C=O) groups is 2. The Morgan fingerprint density at radius 1 is 1.33 bits per heavy atom. The van der Waals surface area contributed by atoms with Gasteiger partial charge in [0, 0.05) is 0 Å². The number of ether oxygens (including phenoxy) is 1. The molecule has 1 aromatic rings. The topological polar surface area (TPSA) is 95.9 Å². The van der Waals surface area contributed by atoms with E-state index in [1.807, 2.05) is 19.1 Å². The number of aliphatic hydroxyl groups excluding tert-OH is 1. The van der Waals surface area contributed by atoms with Crippen molar-refractivity contribution in [1.29, 1.82) is 0 Å². The summed E-state index contributed by atoms with van der Waals surface area (Å²) in [5.74, 6) is -1.37. The van der Waals surface area contributed by atoms with Gasteiger partial charge < -0.3 is 20.3 Å². The predicted molar refractivity (Wildman–Crippen MR) is 63.3 cm³/mol. The Balaban J connectivity index is 2.41. The first-order valence-corrected chi connectivity index (χ1v) is 5.35. The van der Waals surface area contributed by atoms with E-state index in [-0.39, 0.29) is 6.61 Å². The van der Waals surface area contributed by atoms with E-state index in [9.17, 15) is 9.59 Å². The molecule has 0 spiro atoms. The molecule has 0 aliphatic carbocycles. The van der Waals surface area contributed by atoms with E-state index >= 15 is 0 Å². The molecule has 0 fully saturated rings. The Morgan fingerprint density at radius 2 is 1.94 bits per heavy atom.